The molecule has 0 fully saturated rings. The van der Waals surface area contributed by atoms with Crippen LogP contribution in [0, 0.1) is 5.82 Å². The number of fused-ring (bicyclic) bond motifs is 1. The van der Waals surface area contributed by atoms with E-state index in [1.807, 2.05) is 19.9 Å². The van der Waals surface area contributed by atoms with E-state index < -0.39 is 0 Å². The second-order valence-corrected chi connectivity index (χ2v) is 4.81. The summed E-state index contributed by atoms with van der Waals surface area (Å²) in [5, 5.41) is 2.61. The van der Waals surface area contributed by atoms with E-state index in [1.165, 1.54) is 6.07 Å². The molecule has 1 heterocycles. The fourth-order valence-corrected chi connectivity index (χ4v) is 2.51. The summed E-state index contributed by atoms with van der Waals surface area (Å²) in [6, 6.07) is 3.16. The van der Waals surface area contributed by atoms with Crippen molar-refractivity contribution < 1.29 is 9.18 Å². The predicted molar refractivity (Wildman–Crippen MR) is 69.9 cm³/mol. The van der Waals surface area contributed by atoms with Crippen molar-refractivity contribution in [2.45, 2.75) is 45.1 Å². The van der Waals surface area contributed by atoms with Crippen molar-refractivity contribution in [2.24, 2.45) is 5.73 Å². The van der Waals surface area contributed by atoms with Crippen LogP contribution in [0.15, 0.2) is 12.1 Å². The number of anilines is 1. The summed E-state index contributed by atoms with van der Waals surface area (Å²) in [6.07, 6.45) is 2.44. The van der Waals surface area contributed by atoms with Crippen LogP contribution in [0.25, 0.3) is 0 Å². The van der Waals surface area contributed by atoms with Crippen molar-refractivity contribution in [2.75, 3.05) is 5.32 Å². The van der Waals surface area contributed by atoms with Gasteiger partial charge in [-0.05, 0) is 30.0 Å². The molecule has 0 spiro atoms. The molecule has 3 N–H and O–H groups in total. The fourth-order valence-electron chi connectivity index (χ4n) is 2.51. The van der Waals surface area contributed by atoms with Crippen molar-refractivity contribution >= 4 is 11.6 Å². The normalized spacial score (nSPS) is 19.6. The molecule has 18 heavy (non-hydrogen) atoms. The Morgan fingerprint density at radius 1 is 1.44 bits per heavy atom. The molecule has 2 atom stereocenters. The van der Waals surface area contributed by atoms with E-state index >= 15 is 0 Å². The first-order valence-corrected chi connectivity index (χ1v) is 6.48. The van der Waals surface area contributed by atoms with E-state index in [0.717, 1.165) is 24.0 Å². The van der Waals surface area contributed by atoms with Gasteiger partial charge in [0.1, 0.15) is 5.82 Å². The number of hydrogen-bond donors (Lipinski definition) is 2. The Balaban J connectivity index is 2.42. The number of halogens is 1. The van der Waals surface area contributed by atoms with Gasteiger partial charge in [-0.3, -0.25) is 4.79 Å². The van der Waals surface area contributed by atoms with Crippen molar-refractivity contribution in [3.63, 3.8) is 0 Å². The number of nitrogens with two attached hydrogens (primary N) is 1. The number of amides is 1. The van der Waals surface area contributed by atoms with Crippen molar-refractivity contribution in [1.82, 2.24) is 0 Å². The molecule has 3 nitrogen and oxygen atoms in total. The van der Waals surface area contributed by atoms with E-state index in [-0.39, 0.29) is 23.7 Å². The van der Waals surface area contributed by atoms with Crippen LogP contribution in [-0.2, 0) is 4.79 Å². The van der Waals surface area contributed by atoms with Gasteiger partial charge >= 0.3 is 0 Å². The van der Waals surface area contributed by atoms with E-state index in [2.05, 4.69) is 5.32 Å². The molecule has 0 aliphatic carbocycles. The molecule has 1 amide bonds. The lowest BCUT2D eigenvalue weighted by molar-refractivity contribution is -0.117. The molecular formula is C14H19FN2O. The van der Waals surface area contributed by atoms with Gasteiger partial charge in [-0.2, -0.15) is 0 Å². The molecular weight excluding hydrogens is 231 g/mol. The maximum absolute atomic E-state index is 14.0. The summed E-state index contributed by atoms with van der Waals surface area (Å²) in [6.45, 7) is 3.97. The van der Waals surface area contributed by atoms with Gasteiger partial charge in [0.25, 0.3) is 0 Å². The Morgan fingerprint density at radius 2 is 2.17 bits per heavy atom. The molecule has 2 rings (SSSR count). The summed E-state index contributed by atoms with van der Waals surface area (Å²) < 4.78 is 14.0. The minimum atomic E-state index is -0.377. The highest BCUT2D eigenvalue weighted by Crippen LogP contribution is 2.38. The number of carbonyl (C=O) groups is 1. The van der Waals surface area contributed by atoms with Crippen LogP contribution < -0.4 is 11.1 Å². The molecule has 2 unspecified atom stereocenters. The number of rotatable bonds is 4. The first kappa shape index (κ1) is 13.0. The van der Waals surface area contributed by atoms with E-state index in [9.17, 15) is 9.18 Å². The maximum Gasteiger partial charge on any atom is 0.232 e. The highest BCUT2D eigenvalue weighted by Gasteiger charge is 2.32. The zero-order chi connectivity index (χ0) is 13.3. The van der Waals surface area contributed by atoms with Gasteiger partial charge in [-0.25, -0.2) is 4.39 Å². The van der Waals surface area contributed by atoms with Crippen LogP contribution in [0.1, 0.15) is 56.2 Å². The van der Waals surface area contributed by atoms with Gasteiger partial charge in [0, 0.05) is 6.04 Å². The van der Waals surface area contributed by atoms with Crippen molar-refractivity contribution in [1.29, 1.82) is 0 Å². The molecule has 0 saturated carbocycles. The molecule has 0 bridgehead atoms. The lowest BCUT2D eigenvalue weighted by Crippen LogP contribution is -2.11. The second kappa shape index (κ2) is 5.06. The number of carbonyl (C=O) groups excluding carboxylic acids is 1. The summed E-state index contributed by atoms with van der Waals surface area (Å²) in [5.41, 5.74) is 7.89. The van der Waals surface area contributed by atoms with E-state index in [0.29, 0.717) is 12.1 Å². The lowest BCUT2D eigenvalue weighted by Gasteiger charge is -2.14. The minimum Gasteiger partial charge on any atom is -0.324 e. The van der Waals surface area contributed by atoms with E-state index in [4.69, 9.17) is 5.73 Å². The summed E-state index contributed by atoms with van der Waals surface area (Å²) >= 11 is 0. The predicted octanol–water partition coefficient (Wildman–Crippen LogP) is 3.07. The molecule has 1 aromatic carbocycles. The van der Waals surface area contributed by atoms with Crippen LogP contribution in [0.2, 0.25) is 0 Å². The number of benzene rings is 1. The topological polar surface area (TPSA) is 55.1 Å². The second-order valence-electron chi connectivity index (χ2n) is 4.81. The van der Waals surface area contributed by atoms with Gasteiger partial charge in [-0.1, -0.05) is 26.3 Å². The Labute approximate surface area is 107 Å². The minimum absolute atomic E-state index is 0.118. The molecule has 98 valence electrons. The molecule has 0 saturated heterocycles. The van der Waals surface area contributed by atoms with E-state index in [1.54, 1.807) is 0 Å². The molecule has 1 aliphatic rings. The van der Waals surface area contributed by atoms with Crippen LogP contribution in [0.3, 0.4) is 0 Å². The Bertz CT molecular complexity index is 473. The lowest BCUT2D eigenvalue weighted by atomic mass is 9.93. The van der Waals surface area contributed by atoms with Crippen molar-refractivity contribution in [3.8, 4) is 0 Å². The standard InChI is InChI=1S/C14H19FN2O/c1-3-5-12(16)8-6-10-9(4-2)14(18)17-13(10)11(15)7-8/h6-7,9,12H,3-5,16H2,1-2H3,(H,17,18). The molecule has 0 radical (unpaired) electrons. The monoisotopic (exact) mass is 250 g/mol. The van der Waals surface area contributed by atoms with Gasteiger partial charge < -0.3 is 11.1 Å². The molecule has 1 aromatic rings. The largest absolute Gasteiger partial charge is 0.324 e. The van der Waals surface area contributed by atoms with Crippen LogP contribution in [-0.4, -0.2) is 5.91 Å². The van der Waals surface area contributed by atoms with Crippen molar-refractivity contribution in [3.05, 3.63) is 29.1 Å². The zero-order valence-corrected chi connectivity index (χ0v) is 10.8. The number of nitrogens with one attached hydrogen (secondary N) is 1. The van der Waals surface area contributed by atoms with Gasteiger partial charge in [0.05, 0.1) is 11.6 Å². The fraction of sp³-hybridized carbons (Fsp3) is 0.500. The van der Waals surface area contributed by atoms with Gasteiger partial charge in [-0.15, -0.1) is 0 Å². The maximum atomic E-state index is 14.0. The third-order valence-electron chi connectivity index (χ3n) is 3.52. The quantitative estimate of drug-likeness (QED) is 0.862. The van der Waals surface area contributed by atoms with Crippen LogP contribution in [0.4, 0.5) is 10.1 Å². The molecule has 1 aliphatic heterocycles. The third kappa shape index (κ3) is 2.12. The first-order chi connectivity index (χ1) is 8.58. The highest BCUT2D eigenvalue weighted by atomic mass is 19.1. The van der Waals surface area contributed by atoms with Gasteiger partial charge in [0.15, 0.2) is 0 Å². The average molecular weight is 250 g/mol. The third-order valence-corrected chi connectivity index (χ3v) is 3.52. The first-order valence-electron chi connectivity index (χ1n) is 6.48. The summed E-state index contributed by atoms with van der Waals surface area (Å²) in [5.74, 6) is -0.741. The average Bonchev–Trinajstić information content (AvgIpc) is 2.65. The molecule has 4 heteroatoms. The highest BCUT2D eigenvalue weighted by molar-refractivity contribution is 6.03. The van der Waals surface area contributed by atoms with Gasteiger partial charge in [0.2, 0.25) is 5.91 Å². The number of hydrogen-bond acceptors (Lipinski definition) is 2. The SMILES string of the molecule is CCCC(N)c1cc(F)c2c(c1)C(CC)C(=O)N2. The Hall–Kier alpha value is -1.42. The molecule has 0 aromatic heterocycles. The van der Waals surface area contributed by atoms with Crippen LogP contribution in [0.5, 0.6) is 0 Å². The Morgan fingerprint density at radius 3 is 2.78 bits per heavy atom. The zero-order valence-electron chi connectivity index (χ0n) is 10.8. The Kier molecular flexibility index (Phi) is 3.66. The summed E-state index contributed by atoms with van der Waals surface area (Å²) in [7, 11) is 0. The van der Waals surface area contributed by atoms with Crippen LogP contribution >= 0.6 is 0 Å². The summed E-state index contributed by atoms with van der Waals surface area (Å²) in [4.78, 5) is 11.7. The smallest absolute Gasteiger partial charge is 0.232 e.